The highest BCUT2D eigenvalue weighted by atomic mass is 35.5. The molecule has 4 rings (SSSR count). The number of amides is 3. The van der Waals surface area contributed by atoms with E-state index in [2.05, 4.69) is 10.6 Å². The zero-order valence-electron chi connectivity index (χ0n) is 18.5. The molecule has 3 amide bonds. The second-order valence-electron chi connectivity index (χ2n) is 8.00. The van der Waals surface area contributed by atoms with Gasteiger partial charge in [-0.1, -0.05) is 48.0 Å². The van der Waals surface area contributed by atoms with Crippen LogP contribution in [0.1, 0.15) is 41.5 Å². The summed E-state index contributed by atoms with van der Waals surface area (Å²) in [6.45, 7) is 0.652. The number of aliphatic carboxylic acids is 1. The van der Waals surface area contributed by atoms with E-state index >= 15 is 0 Å². The summed E-state index contributed by atoms with van der Waals surface area (Å²) >= 11 is 7.56. The van der Waals surface area contributed by atoms with Crippen LogP contribution in [0.15, 0.2) is 60.0 Å². The van der Waals surface area contributed by atoms with Crippen LogP contribution in [0.25, 0.3) is 0 Å². The van der Waals surface area contributed by atoms with Crippen molar-refractivity contribution in [2.24, 2.45) is 0 Å². The maximum absolute atomic E-state index is 13.0. The molecule has 0 radical (unpaired) electrons. The van der Waals surface area contributed by atoms with Gasteiger partial charge in [-0.25, -0.2) is 4.79 Å². The molecule has 1 atom stereocenters. The first kappa shape index (κ1) is 24.4. The molecule has 180 valence electrons. The van der Waals surface area contributed by atoms with Crippen LogP contribution in [-0.2, 0) is 17.8 Å². The Balaban J connectivity index is 1.45. The minimum absolute atomic E-state index is 0.0444. The maximum Gasteiger partial charge on any atom is 0.328 e. The standard InChI is InChI=1S/C25H22ClN3O5S/c26-19-12-17-16(8-9-29(24(17)32)14-15-5-2-1-3-6-15)11-18(19)22(30)28-20(25(33)34)13-27-23(31)21-7-4-10-35-21/h1-7,10-12,20H,8-9,13-14H2,(H,27,31)(H,28,30)(H,33,34)/t20-/m0/s1. The monoisotopic (exact) mass is 511 g/mol. The number of carboxylic acids is 1. The first-order chi connectivity index (χ1) is 16.8. The van der Waals surface area contributed by atoms with Crippen LogP contribution in [0.2, 0.25) is 5.02 Å². The minimum Gasteiger partial charge on any atom is -0.480 e. The predicted octanol–water partition coefficient (Wildman–Crippen LogP) is 3.21. The van der Waals surface area contributed by atoms with Crippen molar-refractivity contribution in [1.82, 2.24) is 15.5 Å². The van der Waals surface area contributed by atoms with Gasteiger partial charge in [-0.05, 0) is 41.1 Å². The fraction of sp³-hybridized carbons (Fsp3) is 0.200. The van der Waals surface area contributed by atoms with Gasteiger partial charge in [0.15, 0.2) is 0 Å². The van der Waals surface area contributed by atoms with Gasteiger partial charge in [-0.3, -0.25) is 14.4 Å². The fourth-order valence-electron chi connectivity index (χ4n) is 3.81. The summed E-state index contributed by atoms with van der Waals surface area (Å²) < 4.78 is 0. The summed E-state index contributed by atoms with van der Waals surface area (Å²) in [6.07, 6.45) is 0.532. The minimum atomic E-state index is -1.36. The molecule has 0 unspecified atom stereocenters. The molecule has 0 aliphatic carbocycles. The molecule has 8 nitrogen and oxygen atoms in total. The highest BCUT2D eigenvalue weighted by molar-refractivity contribution is 7.12. The molecule has 1 aromatic heterocycles. The molecule has 0 saturated heterocycles. The van der Waals surface area contributed by atoms with Crippen LogP contribution in [0.4, 0.5) is 0 Å². The third kappa shape index (κ3) is 5.70. The number of nitrogens with zero attached hydrogens (tertiary/aromatic N) is 1. The SMILES string of the molecule is O=C(NC[C@H](NC(=O)c1cc2c(cc1Cl)C(=O)N(Cc1ccccc1)CC2)C(=O)O)c1cccs1. The number of carbonyl (C=O) groups is 4. The Morgan fingerprint density at radius 3 is 2.54 bits per heavy atom. The summed E-state index contributed by atoms with van der Waals surface area (Å²) in [5.74, 6) is -2.60. The number of fused-ring (bicyclic) bond motifs is 1. The number of hydrogen-bond donors (Lipinski definition) is 3. The van der Waals surface area contributed by atoms with Crippen molar-refractivity contribution < 1.29 is 24.3 Å². The molecule has 3 N–H and O–H groups in total. The average Bonchev–Trinajstić information content (AvgIpc) is 3.39. The van der Waals surface area contributed by atoms with Crippen molar-refractivity contribution in [3.05, 3.63) is 92.1 Å². The molecule has 2 heterocycles. The Morgan fingerprint density at radius 1 is 1.09 bits per heavy atom. The number of thiophene rings is 1. The number of carboxylic acid groups (broad SMARTS) is 1. The number of rotatable bonds is 8. The number of hydrogen-bond acceptors (Lipinski definition) is 5. The van der Waals surface area contributed by atoms with E-state index in [1.165, 1.54) is 23.5 Å². The summed E-state index contributed by atoms with van der Waals surface area (Å²) in [6, 6.07) is 14.6. The zero-order chi connectivity index (χ0) is 24.9. The zero-order valence-corrected chi connectivity index (χ0v) is 20.1. The van der Waals surface area contributed by atoms with E-state index in [9.17, 15) is 24.3 Å². The van der Waals surface area contributed by atoms with Crippen molar-refractivity contribution in [3.63, 3.8) is 0 Å². The van der Waals surface area contributed by atoms with Crippen LogP contribution in [0, 0.1) is 0 Å². The van der Waals surface area contributed by atoms with E-state index in [1.807, 2.05) is 30.3 Å². The summed E-state index contributed by atoms with van der Waals surface area (Å²) in [4.78, 5) is 51.8. The van der Waals surface area contributed by atoms with E-state index in [-0.39, 0.29) is 23.0 Å². The number of carbonyl (C=O) groups excluding carboxylic acids is 3. The molecule has 0 saturated carbocycles. The lowest BCUT2D eigenvalue weighted by Crippen LogP contribution is -2.48. The van der Waals surface area contributed by atoms with E-state index in [4.69, 9.17) is 11.6 Å². The third-order valence-electron chi connectivity index (χ3n) is 5.64. The van der Waals surface area contributed by atoms with Crippen LogP contribution < -0.4 is 10.6 Å². The third-order valence-corrected chi connectivity index (χ3v) is 6.82. The largest absolute Gasteiger partial charge is 0.480 e. The van der Waals surface area contributed by atoms with Gasteiger partial charge in [0, 0.05) is 25.2 Å². The number of halogens is 1. The van der Waals surface area contributed by atoms with Crippen LogP contribution in [0.5, 0.6) is 0 Å². The van der Waals surface area contributed by atoms with Crippen molar-refractivity contribution in [2.75, 3.05) is 13.1 Å². The van der Waals surface area contributed by atoms with Crippen molar-refractivity contribution >= 4 is 46.6 Å². The Labute approximate surface area is 210 Å². The molecule has 0 bridgehead atoms. The lowest BCUT2D eigenvalue weighted by atomic mass is 9.95. The summed E-state index contributed by atoms with van der Waals surface area (Å²) in [5.41, 5.74) is 2.18. The van der Waals surface area contributed by atoms with Gasteiger partial charge >= 0.3 is 5.97 Å². The van der Waals surface area contributed by atoms with Crippen LogP contribution in [0.3, 0.4) is 0 Å². The van der Waals surface area contributed by atoms with Gasteiger partial charge in [0.1, 0.15) is 6.04 Å². The van der Waals surface area contributed by atoms with E-state index in [0.717, 1.165) is 5.56 Å². The van der Waals surface area contributed by atoms with Gasteiger partial charge in [-0.15, -0.1) is 11.3 Å². The normalized spacial score (nSPS) is 13.6. The molecule has 35 heavy (non-hydrogen) atoms. The Bertz CT molecular complexity index is 1260. The van der Waals surface area contributed by atoms with Crippen LogP contribution >= 0.6 is 22.9 Å². The second kappa shape index (κ2) is 10.7. The Morgan fingerprint density at radius 2 is 1.86 bits per heavy atom. The molecule has 2 aromatic carbocycles. The first-order valence-electron chi connectivity index (χ1n) is 10.8. The van der Waals surface area contributed by atoms with Crippen LogP contribution in [-0.4, -0.2) is 52.8 Å². The molecule has 10 heteroatoms. The number of benzene rings is 2. The predicted molar refractivity (Wildman–Crippen MR) is 132 cm³/mol. The van der Waals surface area contributed by atoms with Gasteiger partial charge < -0.3 is 20.6 Å². The average molecular weight is 512 g/mol. The first-order valence-corrected chi connectivity index (χ1v) is 12.1. The lowest BCUT2D eigenvalue weighted by Gasteiger charge is -2.29. The van der Waals surface area contributed by atoms with Crippen molar-refractivity contribution in [2.45, 2.75) is 19.0 Å². The molecular formula is C25H22ClN3O5S. The van der Waals surface area contributed by atoms with Crippen molar-refractivity contribution in [1.29, 1.82) is 0 Å². The highest BCUT2D eigenvalue weighted by Crippen LogP contribution is 2.27. The van der Waals surface area contributed by atoms with E-state index in [1.54, 1.807) is 22.4 Å². The second-order valence-corrected chi connectivity index (χ2v) is 9.36. The molecule has 0 fully saturated rings. The van der Waals surface area contributed by atoms with Gasteiger partial charge in [0.25, 0.3) is 17.7 Å². The quantitative estimate of drug-likeness (QED) is 0.429. The van der Waals surface area contributed by atoms with Gasteiger partial charge in [-0.2, -0.15) is 0 Å². The fourth-order valence-corrected chi connectivity index (χ4v) is 4.70. The van der Waals surface area contributed by atoms with Gasteiger partial charge in [0.05, 0.1) is 15.5 Å². The summed E-state index contributed by atoms with van der Waals surface area (Å²) in [5, 5.41) is 16.2. The maximum atomic E-state index is 13.0. The Kier molecular flexibility index (Phi) is 7.48. The lowest BCUT2D eigenvalue weighted by molar-refractivity contribution is -0.139. The molecule has 3 aromatic rings. The molecular weight excluding hydrogens is 490 g/mol. The van der Waals surface area contributed by atoms with E-state index < -0.39 is 23.8 Å². The Hall–Kier alpha value is -3.69. The van der Waals surface area contributed by atoms with E-state index in [0.29, 0.717) is 35.5 Å². The topological polar surface area (TPSA) is 116 Å². The molecule has 1 aliphatic rings. The van der Waals surface area contributed by atoms with Crippen molar-refractivity contribution in [3.8, 4) is 0 Å². The summed E-state index contributed by atoms with van der Waals surface area (Å²) in [7, 11) is 0. The van der Waals surface area contributed by atoms with Gasteiger partial charge in [0.2, 0.25) is 0 Å². The smallest absolute Gasteiger partial charge is 0.328 e. The highest BCUT2D eigenvalue weighted by Gasteiger charge is 2.28. The molecule has 0 spiro atoms. The molecule has 1 aliphatic heterocycles. The number of nitrogens with one attached hydrogen (secondary N) is 2.